The summed E-state index contributed by atoms with van der Waals surface area (Å²) < 4.78 is 35.3. The van der Waals surface area contributed by atoms with Gasteiger partial charge in [-0.2, -0.15) is 8.42 Å². The molecule has 0 amide bonds. The van der Waals surface area contributed by atoms with Gasteiger partial charge in [0, 0.05) is 7.11 Å². The Morgan fingerprint density at radius 3 is 1.84 bits per heavy atom. The van der Waals surface area contributed by atoms with Crippen LogP contribution in [0.25, 0.3) is 0 Å². The molecule has 0 spiro atoms. The maximum Gasteiger partial charge on any atom is 0.267 e. The Morgan fingerprint density at radius 1 is 0.947 bits per heavy atom. The maximum absolute atomic E-state index is 10.7. The second kappa shape index (κ2) is 11.7. The summed E-state index contributed by atoms with van der Waals surface area (Å²) in [5.41, 5.74) is 0. The lowest BCUT2D eigenvalue weighted by atomic mass is 10.1. The standard InChI is InChI=1S/C14H30O4S/c1-3-4-5-6-7-8-9-10-11-12-14(18-2)13-19(15,16)17/h14H,3-13H2,1-2H3,(H,15,16,17). The van der Waals surface area contributed by atoms with Crippen molar-refractivity contribution in [3.8, 4) is 0 Å². The minimum Gasteiger partial charge on any atom is -0.380 e. The molecule has 116 valence electrons. The van der Waals surface area contributed by atoms with Crippen LogP contribution in [0.4, 0.5) is 0 Å². The quantitative estimate of drug-likeness (QED) is 0.414. The number of hydrogen-bond acceptors (Lipinski definition) is 3. The normalized spacial score (nSPS) is 13.6. The fourth-order valence-corrected chi connectivity index (χ4v) is 2.96. The SMILES string of the molecule is CCCCCCCCCCCC(CS(=O)(=O)O)OC. The van der Waals surface area contributed by atoms with E-state index in [0.29, 0.717) is 6.42 Å². The molecule has 0 aromatic carbocycles. The summed E-state index contributed by atoms with van der Waals surface area (Å²) in [5, 5.41) is 0. The second-order valence-corrected chi connectivity index (χ2v) is 6.72. The highest BCUT2D eigenvalue weighted by molar-refractivity contribution is 7.85. The lowest BCUT2D eigenvalue weighted by molar-refractivity contribution is 0.109. The third-order valence-electron chi connectivity index (χ3n) is 3.36. The van der Waals surface area contributed by atoms with Gasteiger partial charge in [0.05, 0.1) is 6.10 Å². The Bertz CT molecular complexity index is 288. The maximum atomic E-state index is 10.7. The Morgan fingerprint density at radius 2 is 1.42 bits per heavy atom. The van der Waals surface area contributed by atoms with Crippen molar-refractivity contribution < 1.29 is 17.7 Å². The first-order valence-electron chi connectivity index (χ1n) is 7.47. The molecule has 1 N–H and O–H groups in total. The fourth-order valence-electron chi connectivity index (χ4n) is 2.19. The van der Waals surface area contributed by atoms with E-state index in [1.807, 2.05) is 0 Å². The van der Waals surface area contributed by atoms with Crippen LogP contribution in [0.1, 0.15) is 71.1 Å². The minimum absolute atomic E-state index is 0.291. The van der Waals surface area contributed by atoms with Crippen molar-refractivity contribution >= 4 is 10.1 Å². The molecule has 0 aliphatic carbocycles. The molecule has 1 atom stereocenters. The van der Waals surface area contributed by atoms with Crippen LogP contribution in [0, 0.1) is 0 Å². The van der Waals surface area contributed by atoms with E-state index >= 15 is 0 Å². The number of ether oxygens (including phenoxy) is 1. The molecule has 0 rings (SSSR count). The smallest absolute Gasteiger partial charge is 0.267 e. The molecule has 0 aromatic heterocycles. The van der Waals surface area contributed by atoms with E-state index in [0.717, 1.165) is 12.8 Å². The average Bonchev–Trinajstić information content (AvgIpc) is 2.34. The number of methoxy groups -OCH3 is 1. The van der Waals surface area contributed by atoms with E-state index in [4.69, 9.17) is 9.29 Å². The van der Waals surface area contributed by atoms with Gasteiger partial charge < -0.3 is 4.74 Å². The highest BCUT2D eigenvalue weighted by Crippen LogP contribution is 2.12. The Hall–Kier alpha value is -0.130. The van der Waals surface area contributed by atoms with Crippen LogP contribution >= 0.6 is 0 Å². The summed E-state index contributed by atoms with van der Waals surface area (Å²) in [7, 11) is -2.43. The van der Waals surface area contributed by atoms with Crippen LogP contribution in [-0.4, -0.2) is 31.9 Å². The molecule has 0 aliphatic heterocycles. The predicted molar refractivity (Wildman–Crippen MR) is 79.1 cm³/mol. The summed E-state index contributed by atoms with van der Waals surface area (Å²) >= 11 is 0. The topological polar surface area (TPSA) is 63.6 Å². The van der Waals surface area contributed by atoms with Crippen LogP contribution < -0.4 is 0 Å². The van der Waals surface area contributed by atoms with E-state index in [9.17, 15) is 8.42 Å². The highest BCUT2D eigenvalue weighted by atomic mass is 32.2. The molecule has 0 aromatic rings. The van der Waals surface area contributed by atoms with Gasteiger partial charge in [0.1, 0.15) is 5.75 Å². The Balaban J connectivity index is 3.41. The predicted octanol–water partition coefficient (Wildman–Crippen LogP) is 3.81. The van der Waals surface area contributed by atoms with Crippen LogP contribution in [-0.2, 0) is 14.9 Å². The van der Waals surface area contributed by atoms with Crippen LogP contribution in [0.2, 0.25) is 0 Å². The van der Waals surface area contributed by atoms with E-state index in [1.165, 1.54) is 52.1 Å². The lowest BCUT2D eigenvalue weighted by Crippen LogP contribution is -2.22. The van der Waals surface area contributed by atoms with Gasteiger partial charge in [0.15, 0.2) is 0 Å². The van der Waals surface area contributed by atoms with E-state index in [2.05, 4.69) is 6.92 Å². The van der Waals surface area contributed by atoms with Crippen molar-refractivity contribution in [3.63, 3.8) is 0 Å². The van der Waals surface area contributed by atoms with Crippen LogP contribution in [0.5, 0.6) is 0 Å². The average molecular weight is 294 g/mol. The van der Waals surface area contributed by atoms with Gasteiger partial charge in [0.25, 0.3) is 10.1 Å². The first-order chi connectivity index (χ1) is 8.99. The van der Waals surface area contributed by atoms with Crippen LogP contribution in [0.3, 0.4) is 0 Å². The molecular weight excluding hydrogens is 264 g/mol. The number of hydrogen-bond donors (Lipinski definition) is 1. The zero-order valence-electron chi connectivity index (χ0n) is 12.4. The molecule has 0 saturated heterocycles. The fraction of sp³-hybridized carbons (Fsp3) is 1.00. The lowest BCUT2D eigenvalue weighted by Gasteiger charge is -2.13. The first-order valence-corrected chi connectivity index (χ1v) is 9.08. The van der Waals surface area contributed by atoms with Gasteiger partial charge in [-0.15, -0.1) is 0 Å². The second-order valence-electron chi connectivity index (χ2n) is 5.22. The monoisotopic (exact) mass is 294 g/mol. The highest BCUT2D eigenvalue weighted by Gasteiger charge is 2.15. The van der Waals surface area contributed by atoms with Crippen LogP contribution in [0.15, 0.2) is 0 Å². The van der Waals surface area contributed by atoms with Gasteiger partial charge in [0.2, 0.25) is 0 Å². The molecule has 1 unspecified atom stereocenters. The number of rotatable bonds is 13. The third-order valence-corrected chi connectivity index (χ3v) is 4.15. The van der Waals surface area contributed by atoms with E-state index in [-0.39, 0.29) is 11.9 Å². The summed E-state index contributed by atoms with van der Waals surface area (Å²) in [6.45, 7) is 2.22. The van der Waals surface area contributed by atoms with Crippen molar-refractivity contribution in [2.45, 2.75) is 77.2 Å². The molecule has 4 nitrogen and oxygen atoms in total. The summed E-state index contributed by atoms with van der Waals surface area (Å²) in [6.07, 6.45) is 11.5. The summed E-state index contributed by atoms with van der Waals surface area (Å²) in [6, 6.07) is 0. The molecule has 0 bridgehead atoms. The number of unbranched alkanes of at least 4 members (excludes halogenated alkanes) is 8. The molecule has 19 heavy (non-hydrogen) atoms. The first kappa shape index (κ1) is 18.9. The third kappa shape index (κ3) is 14.1. The molecule has 0 radical (unpaired) electrons. The molecule has 0 aliphatic rings. The van der Waals surface area contributed by atoms with Crippen molar-refractivity contribution in [2.24, 2.45) is 0 Å². The van der Waals surface area contributed by atoms with Gasteiger partial charge >= 0.3 is 0 Å². The molecule has 0 saturated carbocycles. The molecular formula is C14H30O4S. The van der Waals surface area contributed by atoms with E-state index < -0.39 is 10.1 Å². The minimum atomic E-state index is -3.92. The largest absolute Gasteiger partial charge is 0.380 e. The summed E-state index contributed by atoms with van der Waals surface area (Å²) in [5.74, 6) is -0.291. The Labute approximate surface area is 118 Å². The molecule has 5 heteroatoms. The molecule has 0 fully saturated rings. The van der Waals surface area contributed by atoms with E-state index in [1.54, 1.807) is 0 Å². The summed E-state index contributed by atoms with van der Waals surface area (Å²) in [4.78, 5) is 0. The van der Waals surface area contributed by atoms with Crippen molar-refractivity contribution in [2.75, 3.05) is 12.9 Å². The zero-order chi connectivity index (χ0) is 14.6. The van der Waals surface area contributed by atoms with Gasteiger partial charge in [-0.1, -0.05) is 64.7 Å². The zero-order valence-corrected chi connectivity index (χ0v) is 13.3. The van der Waals surface area contributed by atoms with Gasteiger partial charge in [-0.3, -0.25) is 4.55 Å². The van der Waals surface area contributed by atoms with Crippen molar-refractivity contribution in [1.82, 2.24) is 0 Å². The van der Waals surface area contributed by atoms with Gasteiger partial charge in [-0.25, -0.2) is 0 Å². The van der Waals surface area contributed by atoms with Crippen molar-refractivity contribution in [3.05, 3.63) is 0 Å². The van der Waals surface area contributed by atoms with Crippen molar-refractivity contribution in [1.29, 1.82) is 0 Å². The Kier molecular flexibility index (Phi) is 11.6. The molecule has 0 heterocycles. The van der Waals surface area contributed by atoms with Gasteiger partial charge in [-0.05, 0) is 6.42 Å².